The van der Waals surface area contributed by atoms with Crippen LogP contribution < -0.4 is 4.90 Å². The molecule has 9 heteroatoms. The lowest BCUT2D eigenvalue weighted by atomic mass is 9.93. The fourth-order valence-electron chi connectivity index (χ4n) is 4.03. The fourth-order valence-corrected chi connectivity index (χ4v) is 6.60. The molecular weight excluding hydrogens is 431 g/mol. The van der Waals surface area contributed by atoms with Crippen molar-refractivity contribution in [2.45, 2.75) is 24.3 Å². The first-order chi connectivity index (χ1) is 13.8. The van der Waals surface area contributed by atoms with Crippen molar-refractivity contribution < 1.29 is 8.42 Å². The molecule has 154 valence electrons. The third-order valence-electron chi connectivity index (χ3n) is 5.71. The number of hydrogen-bond donors (Lipinski definition) is 1. The molecule has 1 aromatic carbocycles. The number of nitrogens with zero attached hydrogens (tertiary/aromatic N) is 3. The maximum absolute atomic E-state index is 13.3. The van der Waals surface area contributed by atoms with Gasteiger partial charge in [0.15, 0.2) is 0 Å². The standard InChI is InChI=1S/C20H22Cl2N4O2S/c1-13-8-11-26(29(27,28)19-15(21)4-3-5-16(19)22)12-18(13)25(2)17-7-10-24-20-14(17)6-9-23-20/h3-7,9-10,13,18H,8,11-12H2,1-2H3,(H,23,24)/t13-,18?/m1/s1. The number of hydrogen-bond acceptors (Lipinski definition) is 4. The molecule has 3 aromatic rings. The van der Waals surface area contributed by atoms with Crippen LogP contribution in [-0.2, 0) is 10.0 Å². The summed E-state index contributed by atoms with van der Waals surface area (Å²) in [6.07, 6.45) is 4.36. The molecule has 29 heavy (non-hydrogen) atoms. The third-order valence-corrected chi connectivity index (χ3v) is 8.53. The molecular formula is C20H22Cl2N4O2S. The third kappa shape index (κ3) is 3.61. The Kier molecular flexibility index (Phi) is 5.50. The van der Waals surface area contributed by atoms with Crippen LogP contribution in [0, 0.1) is 5.92 Å². The van der Waals surface area contributed by atoms with Crippen molar-refractivity contribution in [2.24, 2.45) is 5.92 Å². The summed E-state index contributed by atoms with van der Waals surface area (Å²) in [7, 11) is -1.80. The van der Waals surface area contributed by atoms with Crippen molar-refractivity contribution in [3.05, 3.63) is 52.8 Å². The van der Waals surface area contributed by atoms with E-state index in [-0.39, 0.29) is 21.0 Å². The molecule has 1 unspecified atom stereocenters. The lowest BCUT2D eigenvalue weighted by Gasteiger charge is -2.42. The average molecular weight is 453 g/mol. The zero-order valence-corrected chi connectivity index (χ0v) is 18.5. The Morgan fingerprint density at radius 1 is 1.21 bits per heavy atom. The van der Waals surface area contributed by atoms with Gasteiger partial charge >= 0.3 is 0 Å². The van der Waals surface area contributed by atoms with Gasteiger partial charge in [-0.15, -0.1) is 0 Å². The van der Waals surface area contributed by atoms with Crippen LogP contribution in [0.4, 0.5) is 5.69 Å². The van der Waals surface area contributed by atoms with Gasteiger partial charge in [-0.25, -0.2) is 13.4 Å². The first-order valence-corrected chi connectivity index (χ1v) is 11.6. The minimum absolute atomic E-state index is 0.000267. The van der Waals surface area contributed by atoms with E-state index in [1.807, 2.05) is 25.4 Å². The van der Waals surface area contributed by atoms with E-state index in [0.717, 1.165) is 23.1 Å². The minimum atomic E-state index is -3.80. The molecule has 2 aromatic heterocycles. The SMILES string of the molecule is C[C@@H]1CCN(S(=O)(=O)c2c(Cl)cccc2Cl)CC1N(C)c1ccnc2[nH]ccc12. The number of rotatable bonds is 4. The van der Waals surface area contributed by atoms with E-state index in [2.05, 4.69) is 21.8 Å². The van der Waals surface area contributed by atoms with E-state index in [0.29, 0.717) is 19.0 Å². The summed E-state index contributed by atoms with van der Waals surface area (Å²) in [5.41, 5.74) is 1.83. The van der Waals surface area contributed by atoms with Crippen molar-refractivity contribution >= 4 is 49.9 Å². The predicted octanol–water partition coefficient (Wildman–Crippen LogP) is 4.41. The number of sulfonamides is 1. The Hall–Kier alpha value is -1.80. The second kappa shape index (κ2) is 7.80. The van der Waals surface area contributed by atoms with Crippen molar-refractivity contribution in [2.75, 3.05) is 25.0 Å². The molecule has 2 atom stereocenters. The Morgan fingerprint density at radius 3 is 2.66 bits per heavy atom. The summed E-state index contributed by atoms with van der Waals surface area (Å²) >= 11 is 12.4. The maximum Gasteiger partial charge on any atom is 0.246 e. The van der Waals surface area contributed by atoms with Crippen LogP contribution in [0.3, 0.4) is 0 Å². The molecule has 6 nitrogen and oxygen atoms in total. The number of anilines is 1. The number of aromatic amines is 1. The molecule has 0 bridgehead atoms. The molecule has 4 rings (SSSR count). The van der Waals surface area contributed by atoms with Gasteiger partial charge in [0.05, 0.1) is 10.0 Å². The van der Waals surface area contributed by atoms with E-state index in [9.17, 15) is 8.42 Å². The Morgan fingerprint density at radius 2 is 1.93 bits per heavy atom. The number of nitrogens with one attached hydrogen (secondary N) is 1. The highest BCUT2D eigenvalue weighted by atomic mass is 35.5. The summed E-state index contributed by atoms with van der Waals surface area (Å²) in [5.74, 6) is 0.315. The number of benzene rings is 1. The highest BCUT2D eigenvalue weighted by molar-refractivity contribution is 7.89. The quantitative estimate of drug-likeness (QED) is 0.636. The van der Waals surface area contributed by atoms with Crippen LogP contribution in [0.15, 0.2) is 47.6 Å². The van der Waals surface area contributed by atoms with Gasteiger partial charge in [0.1, 0.15) is 10.5 Å². The summed E-state index contributed by atoms with van der Waals surface area (Å²) in [5, 5.41) is 1.30. The van der Waals surface area contributed by atoms with E-state index in [1.165, 1.54) is 4.31 Å². The summed E-state index contributed by atoms with van der Waals surface area (Å²) in [6, 6.07) is 8.69. The second-order valence-corrected chi connectivity index (χ2v) is 10.1. The average Bonchev–Trinajstić information content (AvgIpc) is 3.16. The molecule has 0 aliphatic carbocycles. The van der Waals surface area contributed by atoms with Crippen molar-refractivity contribution in [3.63, 3.8) is 0 Å². The van der Waals surface area contributed by atoms with Crippen LogP contribution in [0.1, 0.15) is 13.3 Å². The van der Waals surface area contributed by atoms with Crippen molar-refractivity contribution in [3.8, 4) is 0 Å². The van der Waals surface area contributed by atoms with Crippen LogP contribution in [0.25, 0.3) is 11.0 Å². The normalized spacial score (nSPS) is 20.8. The molecule has 1 N–H and O–H groups in total. The van der Waals surface area contributed by atoms with Gasteiger partial charge in [-0.3, -0.25) is 0 Å². The first kappa shape index (κ1) is 20.5. The van der Waals surface area contributed by atoms with E-state index >= 15 is 0 Å². The Balaban J connectivity index is 1.67. The predicted molar refractivity (Wildman–Crippen MR) is 117 cm³/mol. The summed E-state index contributed by atoms with van der Waals surface area (Å²) < 4.78 is 28.2. The topological polar surface area (TPSA) is 69.3 Å². The molecule has 1 saturated heterocycles. The molecule has 1 aliphatic heterocycles. The first-order valence-electron chi connectivity index (χ1n) is 9.40. The van der Waals surface area contributed by atoms with E-state index in [1.54, 1.807) is 24.4 Å². The van der Waals surface area contributed by atoms with Crippen LogP contribution in [0.5, 0.6) is 0 Å². The second-order valence-electron chi connectivity index (χ2n) is 7.43. The van der Waals surface area contributed by atoms with Crippen molar-refractivity contribution in [1.82, 2.24) is 14.3 Å². The molecule has 1 fully saturated rings. The largest absolute Gasteiger partial charge is 0.369 e. The summed E-state index contributed by atoms with van der Waals surface area (Å²) in [4.78, 5) is 9.60. The van der Waals surface area contributed by atoms with Gasteiger partial charge in [0.2, 0.25) is 10.0 Å². The number of pyridine rings is 1. The van der Waals surface area contributed by atoms with Crippen molar-refractivity contribution in [1.29, 1.82) is 0 Å². The number of piperidine rings is 1. The zero-order valence-electron chi connectivity index (χ0n) is 16.1. The Bertz CT molecular complexity index is 1130. The smallest absolute Gasteiger partial charge is 0.246 e. The Labute approximate surface area is 180 Å². The van der Waals surface area contributed by atoms with E-state index in [4.69, 9.17) is 23.2 Å². The number of halogens is 2. The molecule has 0 spiro atoms. The molecule has 3 heterocycles. The number of fused-ring (bicyclic) bond motifs is 1. The highest BCUT2D eigenvalue weighted by Gasteiger charge is 2.37. The van der Waals surface area contributed by atoms with Gasteiger partial charge in [0.25, 0.3) is 0 Å². The highest BCUT2D eigenvalue weighted by Crippen LogP contribution is 2.35. The van der Waals surface area contributed by atoms with Gasteiger partial charge < -0.3 is 9.88 Å². The van der Waals surface area contributed by atoms with Gasteiger partial charge in [-0.1, -0.05) is 36.2 Å². The van der Waals surface area contributed by atoms with Gasteiger partial charge in [-0.05, 0) is 36.6 Å². The minimum Gasteiger partial charge on any atom is -0.369 e. The lowest BCUT2D eigenvalue weighted by molar-refractivity contribution is 0.248. The number of H-pyrrole nitrogens is 1. The molecule has 0 amide bonds. The monoisotopic (exact) mass is 452 g/mol. The maximum atomic E-state index is 13.3. The van der Waals surface area contributed by atoms with Gasteiger partial charge in [-0.2, -0.15) is 4.31 Å². The molecule has 0 radical (unpaired) electrons. The summed E-state index contributed by atoms with van der Waals surface area (Å²) in [6.45, 7) is 2.95. The molecule has 0 saturated carbocycles. The van der Waals surface area contributed by atoms with E-state index < -0.39 is 10.0 Å². The van der Waals surface area contributed by atoms with Gasteiger partial charge in [0, 0.05) is 49.6 Å². The number of aromatic nitrogens is 2. The van der Waals surface area contributed by atoms with Crippen LogP contribution in [-0.4, -0.2) is 48.9 Å². The molecule has 1 aliphatic rings. The van der Waals surface area contributed by atoms with Crippen LogP contribution in [0.2, 0.25) is 10.0 Å². The number of likely N-dealkylation sites (N-methyl/N-ethyl adjacent to an activating group) is 1. The fraction of sp³-hybridized carbons (Fsp3) is 0.350. The zero-order chi connectivity index (χ0) is 20.8. The van der Waals surface area contributed by atoms with Crippen LogP contribution >= 0.6 is 23.2 Å². The lowest BCUT2D eigenvalue weighted by Crippen LogP contribution is -2.52.